The zero-order chi connectivity index (χ0) is 11.4. The second-order valence-corrected chi connectivity index (χ2v) is 3.57. The maximum Gasteiger partial charge on any atom is 0.163 e. The van der Waals surface area contributed by atoms with E-state index in [1.54, 1.807) is 19.2 Å². The van der Waals surface area contributed by atoms with Gasteiger partial charge >= 0.3 is 0 Å². The summed E-state index contributed by atoms with van der Waals surface area (Å²) >= 11 is 5.90. The van der Waals surface area contributed by atoms with Gasteiger partial charge in [-0.05, 0) is 19.1 Å². The van der Waals surface area contributed by atoms with Crippen molar-refractivity contribution in [3.8, 4) is 5.75 Å². The first kappa shape index (κ1) is 12.0. The van der Waals surface area contributed by atoms with Crippen LogP contribution in [0.2, 0.25) is 5.02 Å². The van der Waals surface area contributed by atoms with Gasteiger partial charge in [-0.1, -0.05) is 11.6 Å². The summed E-state index contributed by atoms with van der Waals surface area (Å²) in [5.74, 6) is 0.459. The van der Waals surface area contributed by atoms with Crippen LogP contribution in [0.4, 0.5) is 0 Å². The van der Waals surface area contributed by atoms with Gasteiger partial charge in [0.05, 0.1) is 19.3 Å². The molecule has 0 aliphatic carbocycles. The molecule has 0 heterocycles. The summed E-state index contributed by atoms with van der Waals surface area (Å²) in [4.78, 5) is 11.4. The molecule has 0 saturated heterocycles. The molecule has 0 fully saturated rings. The Kier molecular flexibility index (Phi) is 4.12. The zero-order valence-electron chi connectivity index (χ0n) is 8.96. The van der Waals surface area contributed by atoms with Gasteiger partial charge in [-0.25, -0.2) is 0 Å². The van der Waals surface area contributed by atoms with E-state index in [2.05, 4.69) is 0 Å². The number of Topliss-reactive ketones (excluding diaryl/α,β-unsaturated/α-hetero) is 1. The van der Waals surface area contributed by atoms with Gasteiger partial charge in [0.25, 0.3) is 0 Å². The number of rotatable bonds is 4. The van der Waals surface area contributed by atoms with Crippen LogP contribution in [0.1, 0.15) is 22.8 Å². The predicted molar refractivity (Wildman–Crippen MR) is 58.7 cm³/mol. The van der Waals surface area contributed by atoms with Crippen LogP contribution in [0, 0.1) is 0 Å². The normalized spacial score (nSPS) is 10.1. The van der Waals surface area contributed by atoms with E-state index >= 15 is 0 Å². The predicted octanol–water partition coefficient (Wildman–Crippen LogP) is 2.70. The summed E-state index contributed by atoms with van der Waals surface area (Å²) in [6, 6.07) is 3.33. The van der Waals surface area contributed by atoms with Gasteiger partial charge in [-0.3, -0.25) is 4.79 Å². The molecule has 0 aliphatic rings. The third-order valence-electron chi connectivity index (χ3n) is 2.01. The van der Waals surface area contributed by atoms with Crippen LogP contribution in [-0.2, 0) is 11.3 Å². The molecule has 3 nitrogen and oxygen atoms in total. The summed E-state index contributed by atoms with van der Waals surface area (Å²) < 4.78 is 10.2. The molecule has 4 heteroatoms. The van der Waals surface area contributed by atoms with E-state index in [1.165, 1.54) is 14.0 Å². The van der Waals surface area contributed by atoms with E-state index in [-0.39, 0.29) is 5.78 Å². The van der Waals surface area contributed by atoms with Crippen molar-refractivity contribution in [1.82, 2.24) is 0 Å². The summed E-state index contributed by atoms with van der Waals surface area (Å²) in [7, 11) is 3.10. The van der Waals surface area contributed by atoms with Crippen molar-refractivity contribution in [2.45, 2.75) is 13.5 Å². The number of hydrogen-bond donors (Lipinski definition) is 0. The SMILES string of the molecule is COCc1cc(Cl)cc(C(C)=O)c1OC. The first-order valence-corrected chi connectivity index (χ1v) is 4.84. The Labute approximate surface area is 93.9 Å². The molecule has 0 atom stereocenters. The van der Waals surface area contributed by atoms with Crippen molar-refractivity contribution in [2.75, 3.05) is 14.2 Å². The van der Waals surface area contributed by atoms with Crippen LogP contribution < -0.4 is 4.74 Å². The lowest BCUT2D eigenvalue weighted by Crippen LogP contribution is -2.02. The number of carbonyl (C=O) groups is 1. The topological polar surface area (TPSA) is 35.5 Å². The van der Waals surface area contributed by atoms with Gasteiger partial charge in [0.2, 0.25) is 0 Å². The third-order valence-corrected chi connectivity index (χ3v) is 2.23. The van der Waals surface area contributed by atoms with E-state index in [0.29, 0.717) is 22.9 Å². The highest BCUT2D eigenvalue weighted by Crippen LogP contribution is 2.29. The van der Waals surface area contributed by atoms with Gasteiger partial charge in [0.1, 0.15) is 5.75 Å². The molecule has 82 valence electrons. The maximum absolute atomic E-state index is 11.4. The van der Waals surface area contributed by atoms with Crippen molar-refractivity contribution in [1.29, 1.82) is 0 Å². The van der Waals surface area contributed by atoms with Crippen molar-refractivity contribution in [3.63, 3.8) is 0 Å². The van der Waals surface area contributed by atoms with Crippen LogP contribution in [0.5, 0.6) is 5.75 Å². The fraction of sp³-hybridized carbons (Fsp3) is 0.364. The molecule has 0 aromatic heterocycles. The number of benzene rings is 1. The van der Waals surface area contributed by atoms with E-state index in [0.717, 1.165) is 5.56 Å². The van der Waals surface area contributed by atoms with Gasteiger partial charge in [0, 0.05) is 17.7 Å². The number of halogens is 1. The van der Waals surface area contributed by atoms with Crippen LogP contribution in [-0.4, -0.2) is 20.0 Å². The van der Waals surface area contributed by atoms with Crippen LogP contribution in [0.3, 0.4) is 0 Å². The fourth-order valence-electron chi connectivity index (χ4n) is 1.42. The Morgan fingerprint density at radius 3 is 2.53 bits per heavy atom. The van der Waals surface area contributed by atoms with Gasteiger partial charge in [-0.15, -0.1) is 0 Å². The van der Waals surface area contributed by atoms with Crippen molar-refractivity contribution in [3.05, 3.63) is 28.3 Å². The molecule has 0 bridgehead atoms. The molecule has 0 amide bonds. The van der Waals surface area contributed by atoms with E-state index < -0.39 is 0 Å². The van der Waals surface area contributed by atoms with Gasteiger partial charge in [0.15, 0.2) is 5.78 Å². The summed E-state index contributed by atoms with van der Waals surface area (Å²) in [5, 5.41) is 0.507. The number of methoxy groups -OCH3 is 2. The van der Waals surface area contributed by atoms with Crippen molar-refractivity contribution < 1.29 is 14.3 Å². The summed E-state index contributed by atoms with van der Waals surface area (Å²) in [5.41, 5.74) is 1.26. The number of hydrogen-bond acceptors (Lipinski definition) is 3. The molecule has 0 N–H and O–H groups in total. The monoisotopic (exact) mass is 228 g/mol. The lowest BCUT2D eigenvalue weighted by atomic mass is 10.1. The average Bonchev–Trinajstić information content (AvgIpc) is 2.17. The standard InChI is InChI=1S/C11H13ClO3/c1-7(13)10-5-9(12)4-8(6-14-2)11(10)15-3/h4-5H,6H2,1-3H3. The Bertz CT molecular complexity index is 374. The van der Waals surface area contributed by atoms with E-state index in [9.17, 15) is 4.79 Å². The molecule has 0 unspecified atom stereocenters. The third kappa shape index (κ3) is 2.70. The molecule has 0 spiro atoms. The minimum atomic E-state index is -0.0771. The minimum Gasteiger partial charge on any atom is -0.496 e. The first-order valence-electron chi connectivity index (χ1n) is 4.46. The fourth-order valence-corrected chi connectivity index (χ4v) is 1.66. The van der Waals surface area contributed by atoms with Crippen LogP contribution in [0.25, 0.3) is 0 Å². The molecule has 0 aliphatic heterocycles. The molecule has 1 aromatic rings. The highest BCUT2D eigenvalue weighted by atomic mass is 35.5. The highest BCUT2D eigenvalue weighted by Gasteiger charge is 2.14. The van der Waals surface area contributed by atoms with Crippen LogP contribution in [0.15, 0.2) is 12.1 Å². The smallest absolute Gasteiger partial charge is 0.163 e. The lowest BCUT2D eigenvalue weighted by molar-refractivity contribution is 0.101. The lowest BCUT2D eigenvalue weighted by Gasteiger charge is -2.12. The van der Waals surface area contributed by atoms with E-state index in [1.807, 2.05) is 0 Å². The van der Waals surface area contributed by atoms with Crippen molar-refractivity contribution in [2.24, 2.45) is 0 Å². The van der Waals surface area contributed by atoms with Crippen LogP contribution >= 0.6 is 11.6 Å². The Balaban J connectivity index is 3.31. The Hall–Kier alpha value is -1.06. The Morgan fingerprint density at radius 1 is 1.40 bits per heavy atom. The Morgan fingerprint density at radius 2 is 2.07 bits per heavy atom. The molecule has 15 heavy (non-hydrogen) atoms. The quantitative estimate of drug-likeness (QED) is 0.744. The van der Waals surface area contributed by atoms with Gasteiger partial charge < -0.3 is 9.47 Å². The average molecular weight is 229 g/mol. The maximum atomic E-state index is 11.4. The minimum absolute atomic E-state index is 0.0771. The van der Waals surface area contributed by atoms with Gasteiger partial charge in [-0.2, -0.15) is 0 Å². The molecular formula is C11H13ClO3. The summed E-state index contributed by atoms with van der Waals surface area (Å²) in [6.07, 6.45) is 0. The highest BCUT2D eigenvalue weighted by molar-refractivity contribution is 6.31. The van der Waals surface area contributed by atoms with E-state index in [4.69, 9.17) is 21.1 Å². The molecule has 1 rings (SSSR count). The molecular weight excluding hydrogens is 216 g/mol. The number of ketones is 1. The zero-order valence-corrected chi connectivity index (χ0v) is 9.72. The number of carbonyl (C=O) groups excluding carboxylic acids is 1. The van der Waals surface area contributed by atoms with Crippen molar-refractivity contribution >= 4 is 17.4 Å². The first-order chi connectivity index (χ1) is 7.10. The largest absolute Gasteiger partial charge is 0.496 e. The molecule has 1 aromatic carbocycles. The second-order valence-electron chi connectivity index (χ2n) is 3.13. The second kappa shape index (κ2) is 5.14. The molecule has 0 saturated carbocycles. The number of ether oxygens (including phenoxy) is 2. The summed E-state index contributed by atoms with van der Waals surface area (Å²) in [6.45, 7) is 1.84. The molecule has 0 radical (unpaired) electrons.